The number of fused-ring (bicyclic) bond motifs is 1. The molecule has 2 aromatic carbocycles. The molecule has 1 saturated carbocycles. The molecule has 1 atom stereocenters. The Hall–Kier alpha value is -2.14. The highest BCUT2D eigenvalue weighted by Gasteiger charge is 2.23. The number of aromatic nitrogens is 2. The Morgan fingerprint density at radius 2 is 1.93 bits per heavy atom. The van der Waals surface area contributed by atoms with Gasteiger partial charge in [0.1, 0.15) is 11.6 Å². The van der Waals surface area contributed by atoms with E-state index in [2.05, 4.69) is 41.2 Å². The number of aromatic amines is 1. The Balaban J connectivity index is 1.66. The van der Waals surface area contributed by atoms with E-state index in [0.717, 1.165) is 22.6 Å². The minimum absolute atomic E-state index is 0.106. The first kappa shape index (κ1) is 18.2. The Labute approximate surface area is 166 Å². The van der Waals surface area contributed by atoms with Gasteiger partial charge in [0.25, 0.3) is 0 Å². The number of para-hydroxylation sites is 1. The van der Waals surface area contributed by atoms with Gasteiger partial charge in [0.05, 0.1) is 23.4 Å². The van der Waals surface area contributed by atoms with E-state index in [0.29, 0.717) is 6.04 Å². The molecular formula is C22H27N3OS. The molecule has 3 aromatic rings. The number of anilines is 1. The van der Waals surface area contributed by atoms with Crippen LogP contribution in [0.2, 0.25) is 0 Å². The fourth-order valence-electron chi connectivity index (χ4n) is 4.11. The number of hydrogen-bond donors (Lipinski definition) is 2. The van der Waals surface area contributed by atoms with Crippen LogP contribution in [0, 0.1) is 0 Å². The van der Waals surface area contributed by atoms with Crippen molar-refractivity contribution in [3.63, 3.8) is 0 Å². The van der Waals surface area contributed by atoms with Crippen LogP contribution in [0.25, 0.3) is 11.0 Å². The number of benzene rings is 2. The first-order valence-corrected chi connectivity index (χ1v) is 10.2. The normalized spacial score (nSPS) is 16.4. The molecule has 4 rings (SSSR count). The van der Waals surface area contributed by atoms with Crippen molar-refractivity contribution in [1.82, 2.24) is 9.97 Å². The van der Waals surface area contributed by atoms with E-state index in [1.807, 2.05) is 18.2 Å². The van der Waals surface area contributed by atoms with Gasteiger partial charge in [0.2, 0.25) is 0 Å². The summed E-state index contributed by atoms with van der Waals surface area (Å²) in [6, 6.07) is 15.1. The monoisotopic (exact) mass is 381 g/mol. The third kappa shape index (κ3) is 3.65. The van der Waals surface area contributed by atoms with Gasteiger partial charge < -0.3 is 14.6 Å². The van der Waals surface area contributed by atoms with Crippen molar-refractivity contribution in [2.75, 3.05) is 19.1 Å². The second kappa shape index (κ2) is 7.85. The summed E-state index contributed by atoms with van der Waals surface area (Å²) < 4.78 is 5.31. The van der Waals surface area contributed by atoms with Gasteiger partial charge in [-0.05, 0) is 36.6 Å². The van der Waals surface area contributed by atoms with E-state index in [9.17, 15) is 0 Å². The van der Waals surface area contributed by atoms with Crippen molar-refractivity contribution in [3.8, 4) is 5.75 Å². The van der Waals surface area contributed by atoms with Crippen molar-refractivity contribution >= 4 is 29.3 Å². The summed E-state index contributed by atoms with van der Waals surface area (Å²) in [5.74, 6) is 1.68. The molecule has 0 radical (unpaired) electrons. The van der Waals surface area contributed by atoms with E-state index in [4.69, 9.17) is 22.3 Å². The summed E-state index contributed by atoms with van der Waals surface area (Å²) in [6.07, 6.45) is 6.56. The maximum absolute atomic E-state index is 5.31. The van der Waals surface area contributed by atoms with Crippen LogP contribution in [0.4, 0.5) is 5.69 Å². The lowest BCUT2D eigenvalue weighted by Gasteiger charge is -2.34. The standard InChI is InChI=1S/C22H27N3OS/c1-25(15-8-4-3-5-9-15)20-11-7-6-10-17(20)21(27)22-23-18-13-12-16(26-2)14-19(18)24-22/h6-7,10-15,21,27H,3-5,8-9H2,1-2H3,(H,23,24). The molecule has 1 N–H and O–H groups in total. The largest absolute Gasteiger partial charge is 0.497 e. The average molecular weight is 382 g/mol. The highest BCUT2D eigenvalue weighted by Crippen LogP contribution is 2.37. The molecule has 0 amide bonds. The second-order valence-electron chi connectivity index (χ2n) is 7.37. The SMILES string of the molecule is COc1ccc2[nH]c(C(S)c3ccccc3N(C)C3CCCCC3)nc2c1. The Morgan fingerprint density at radius 3 is 2.70 bits per heavy atom. The Kier molecular flexibility index (Phi) is 5.30. The summed E-state index contributed by atoms with van der Waals surface area (Å²) in [6.45, 7) is 0. The lowest BCUT2D eigenvalue weighted by atomic mass is 9.93. The highest BCUT2D eigenvalue weighted by molar-refractivity contribution is 7.80. The molecule has 1 aliphatic rings. The van der Waals surface area contributed by atoms with Crippen LogP contribution in [-0.4, -0.2) is 30.2 Å². The highest BCUT2D eigenvalue weighted by atomic mass is 32.1. The lowest BCUT2D eigenvalue weighted by molar-refractivity contribution is 0.415. The van der Waals surface area contributed by atoms with Gasteiger partial charge in [-0.3, -0.25) is 0 Å². The minimum atomic E-state index is -0.106. The second-order valence-corrected chi connectivity index (χ2v) is 7.89. The number of rotatable bonds is 5. The topological polar surface area (TPSA) is 41.1 Å². The van der Waals surface area contributed by atoms with E-state index >= 15 is 0 Å². The zero-order chi connectivity index (χ0) is 18.8. The number of nitrogens with one attached hydrogen (secondary N) is 1. The van der Waals surface area contributed by atoms with Crippen molar-refractivity contribution in [2.24, 2.45) is 0 Å². The molecule has 1 fully saturated rings. The van der Waals surface area contributed by atoms with Crippen molar-refractivity contribution in [3.05, 3.63) is 53.9 Å². The van der Waals surface area contributed by atoms with Crippen LogP contribution in [0.15, 0.2) is 42.5 Å². The molecular weight excluding hydrogens is 354 g/mol. The molecule has 27 heavy (non-hydrogen) atoms. The van der Waals surface area contributed by atoms with Gasteiger partial charge >= 0.3 is 0 Å². The lowest BCUT2D eigenvalue weighted by Crippen LogP contribution is -2.34. The Bertz CT molecular complexity index is 917. The smallest absolute Gasteiger partial charge is 0.124 e. The zero-order valence-electron chi connectivity index (χ0n) is 16.0. The van der Waals surface area contributed by atoms with Crippen molar-refractivity contribution in [2.45, 2.75) is 43.4 Å². The summed E-state index contributed by atoms with van der Waals surface area (Å²) in [4.78, 5) is 10.7. The number of imidazole rings is 1. The minimum Gasteiger partial charge on any atom is -0.497 e. The van der Waals surface area contributed by atoms with Crippen LogP contribution in [-0.2, 0) is 0 Å². The van der Waals surface area contributed by atoms with Crippen LogP contribution in [0.1, 0.15) is 48.7 Å². The number of ether oxygens (including phenoxy) is 1. The maximum atomic E-state index is 5.31. The molecule has 1 heterocycles. The molecule has 0 spiro atoms. The molecule has 1 unspecified atom stereocenters. The molecule has 4 nitrogen and oxygen atoms in total. The van der Waals surface area contributed by atoms with Gasteiger partial charge in [-0.15, -0.1) is 0 Å². The van der Waals surface area contributed by atoms with Gasteiger partial charge in [-0.25, -0.2) is 4.98 Å². The van der Waals surface area contributed by atoms with E-state index < -0.39 is 0 Å². The molecule has 0 aliphatic heterocycles. The summed E-state index contributed by atoms with van der Waals surface area (Å²) in [7, 11) is 3.90. The number of thiol groups is 1. The molecule has 1 aromatic heterocycles. The van der Waals surface area contributed by atoms with Gasteiger partial charge in [-0.1, -0.05) is 37.5 Å². The molecule has 5 heteroatoms. The maximum Gasteiger partial charge on any atom is 0.124 e. The zero-order valence-corrected chi connectivity index (χ0v) is 16.9. The van der Waals surface area contributed by atoms with Crippen LogP contribution >= 0.6 is 12.6 Å². The predicted molar refractivity (Wildman–Crippen MR) is 115 cm³/mol. The number of nitrogens with zero attached hydrogens (tertiary/aromatic N) is 2. The molecule has 0 bridgehead atoms. The van der Waals surface area contributed by atoms with E-state index in [-0.39, 0.29) is 5.25 Å². The molecule has 1 aliphatic carbocycles. The molecule has 142 valence electrons. The van der Waals surface area contributed by atoms with Gasteiger partial charge in [-0.2, -0.15) is 12.6 Å². The number of methoxy groups -OCH3 is 1. The Morgan fingerprint density at radius 1 is 1.15 bits per heavy atom. The number of H-pyrrole nitrogens is 1. The van der Waals surface area contributed by atoms with Crippen molar-refractivity contribution < 1.29 is 4.74 Å². The fraction of sp³-hybridized carbons (Fsp3) is 0.409. The van der Waals surface area contributed by atoms with Crippen LogP contribution < -0.4 is 9.64 Å². The van der Waals surface area contributed by atoms with Crippen LogP contribution in [0.5, 0.6) is 5.75 Å². The van der Waals surface area contributed by atoms with Crippen LogP contribution in [0.3, 0.4) is 0 Å². The van der Waals surface area contributed by atoms with Gasteiger partial charge in [0.15, 0.2) is 0 Å². The van der Waals surface area contributed by atoms with Crippen molar-refractivity contribution in [1.29, 1.82) is 0 Å². The predicted octanol–water partition coefficient (Wildman–Crippen LogP) is 5.36. The third-order valence-corrected chi connectivity index (χ3v) is 6.22. The average Bonchev–Trinajstić information content (AvgIpc) is 3.16. The summed E-state index contributed by atoms with van der Waals surface area (Å²) in [5, 5.41) is -0.106. The summed E-state index contributed by atoms with van der Waals surface area (Å²) in [5.41, 5.74) is 4.35. The van der Waals surface area contributed by atoms with E-state index in [1.54, 1.807) is 7.11 Å². The fourth-order valence-corrected chi connectivity index (χ4v) is 4.45. The first-order valence-electron chi connectivity index (χ1n) is 9.71. The third-order valence-electron chi connectivity index (χ3n) is 5.70. The molecule has 0 saturated heterocycles. The van der Waals surface area contributed by atoms with Gasteiger partial charge in [0, 0.05) is 24.8 Å². The summed E-state index contributed by atoms with van der Waals surface area (Å²) >= 11 is 4.94. The number of hydrogen-bond acceptors (Lipinski definition) is 4. The quantitative estimate of drug-likeness (QED) is 0.585. The van der Waals surface area contributed by atoms with E-state index in [1.165, 1.54) is 43.4 Å². The first-order chi connectivity index (χ1) is 13.2.